The summed E-state index contributed by atoms with van der Waals surface area (Å²) in [7, 11) is -0.910. The Labute approximate surface area is 169 Å². The average molecular weight is 434 g/mol. The summed E-state index contributed by atoms with van der Waals surface area (Å²) in [6, 6.07) is 9.84. The highest BCUT2D eigenvalue weighted by atomic mass is 35.5. The van der Waals surface area contributed by atoms with Crippen LogP contribution in [0.25, 0.3) is 0 Å². The summed E-state index contributed by atoms with van der Waals surface area (Å²) >= 11 is 6.08. The maximum Gasteiger partial charge on any atom is 0.290 e. The first-order valence-electron chi connectivity index (χ1n) is 8.10. The van der Waals surface area contributed by atoms with E-state index >= 15 is 0 Å². The lowest BCUT2D eigenvalue weighted by atomic mass is 10.0. The van der Waals surface area contributed by atoms with Crippen LogP contribution in [0.3, 0.4) is 0 Å². The summed E-state index contributed by atoms with van der Waals surface area (Å²) in [4.78, 5) is 14.6. The van der Waals surface area contributed by atoms with Crippen LogP contribution in [0.15, 0.2) is 45.9 Å². The van der Waals surface area contributed by atoms with Crippen LogP contribution in [-0.4, -0.2) is 57.3 Å². The molecular formula is C17H21Cl2N3O4S. The zero-order valence-corrected chi connectivity index (χ0v) is 17.3. The van der Waals surface area contributed by atoms with Gasteiger partial charge in [0.2, 0.25) is 5.09 Å². The molecule has 1 N–H and O–H groups in total. The van der Waals surface area contributed by atoms with Crippen molar-refractivity contribution in [3.8, 4) is 0 Å². The third-order valence-corrected chi connectivity index (χ3v) is 6.19. The number of amides is 1. The molecule has 0 saturated carbocycles. The van der Waals surface area contributed by atoms with E-state index in [1.54, 1.807) is 11.0 Å². The SMILES string of the molecule is CN(C)S(=O)(=O)c1ccc(C(=O)N2CCNCC2c2cccc(Cl)c2)o1.Cl. The Hall–Kier alpha value is -1.58. The smallest absolute Gasteiger partial charge is 0.290 e. The minimum atomic E-state index is -3.73. The lowest BCUT2D eigenvalue weighted by Crippen LogP contribution is -2.48. The van der Waals surface area contributed by atoms with E-state index in [-0.39, 0.29) is 35.2 Å². The van der Waals surface area contributed by atoms with Gasteiger partial charge >= 0.3 is 0 Å². The molecule has 1 aromatic carbocycles. The number of furan rings is 1. The van der Waals surface area contributed by atoms with Gasteiger partial charge in [0.1, 0.15) is 0 Å². The highest BCUT2D eigenvalue weighted by Gasteiger charge is 2.31. The zero-order valence-electron chi connectivity index (χ0n) is 14.9. The third kappa shape index (κ3) is 4.47. The Balaban J connectivity index is 0.00000261. The van der Waals surface area contributed by atoms with Crippen molar-refractivity contribution in [3.05, 3.63) is 52.7 Å². The normalized spacial score (nSPS) is 17.6. The Kier molecular flexibility index (Phi) is 6.93. The lowest BCUT2D eigenvalue weighted by molar-refractivity contribution is 0.0596. The molecule has 0 aliphatic carbocycles. The molecule has 0 radical (unpaired) electrons. The molecule has 1 saturated heterocycles. The molecule has 10 heteroatoms. The molecule has 1 aliphatic heterocycles. The topological polar surface area (TPSA) is 82.9 Å². The van der Waals surface area contributed by atoms with E-state index in [2.05, 4.69) is 5.32 Å². The summed E-state index contributed by atoms with van der Waals surface area (Å²) in [5.41, 5.74) is 0.908. The molecule has 2 aromatic rings. The number of hydrogen-bond donors (Lipinski definition) is 1. The van der Waals surface area contributed by atoms with Gasteiger partial charge in [-0.2, -0.15) is 0 Å². The van der Waals surface area contributed by atoms with Crippen LogP contribution in [0.2, 0.25) is 5.02 Å². The number of piperazine rings is 1. The molecule has 0 bridgehead atoms. The van der Waals surface area contributed by atoms with Gasteiger partial charge in [-0.1, -0.05) is 23.7 Å². The van der Waals surface area contributed by atoms with Crippen molar-refractivity contribution < 1.29 is 17.6 Å². The number of benzene rings is 1. The summed E-state index contributed by atoms with van der Waals surface area (Å²) in [6.07, 6.45) is 0. The Morgan fingerprint density at radius 2 is 2.04 bits per heavy atom. The van der Waals surface area contributed by atoms with Crippen LogP contribution in [0.4, 0.5) is 0 Å². The largest absolute Gasteiger partial charge is 0.438 e. The highest BCUT2D eigenvalue weighted by molar-refractivity contribution is 7.88. The van der Waals surface area contributed by atoms with Crippen molar-refractivity contribution >= 4 is 39.9 Å². The van der Waals surface area contributed by atoms with Gasteiger partial charge in [-0.3, -0.25) is 4.79 Å². The molecule has 2 heterocycles. The molecule has 1 aliphatic rings. The second-order valence-electron chi connectivity index (χ2n) is 6.18. The monoisotopic (exact) mass is 433 g/mol. The molecule has 7 nitrogen and oxygen atoms in total. The van der Waals surface area contributed by atoms with Crippen LogP contribution < -0.4 is 5.32 Å². The first-order valence-corrected chi connectivity index (χ1v) is 9.92. The van der Waals surface area contributed by atoms with Crippen LogP contribution in [0, 0.1) is 0 Å². The van der Waals surface area contributed by atoms with Crippen molar-refractivity contribution in [2.75, 3.05) is 33.7 Å². The van der Waals surface area contributed by atoms with E-state index in [1.807, 2.05) is 18.2 Å². The standard InChI is InChI=1S/C17H20ClN3O4S.ClH/c1-20(2)26(23,24)16-7-6-15(25-16)17(22)21-9-8-19-11-14(21)12-4-3-5-13(18)10-12;/h3-7,10,14,19H,8-9,11H2,1-2H3;1H. The molecule has 1 unspecified atom stereocenters. The minimum Gasteiger partial charge on any atom is -0.438 e. The molecule has 3 rings (SSSR count). The quantitative estimate of drug-likeness (QED) is 0.799. The van der Waals surface area contributed by atoms with E-state index < -0.39 is 10.0 Å². The summed E-state index contributed by atoms with van der Waals surface area (Å²) in [5, 5.41) is 3.61. The Morgan fingerprint density at radius 1 is 1.30 bits per heavy atom. The van der Waals surface area contributed by atoms with Gasteiger partial charge in [0.05, 0.1) is 6.04 Å². The van der Waals surface area contributed by atoms with Crippen molar-refractivity contribution in [2.24, 2.45) is 0 Å². The van der Waals surface area contributed by atoms with Gasteiger partial charge in [-0.05, 0) is 29.8 Å². The van der Waals surface area contributed by atoms with Crippen LogP contribution in [0.5, 0.6) is 0 Å². The first-order chi connectivity index (χ1) is 12.3. The molecule has 1 fully saturated rings. The van der Waals surface area contributed by atoms with Crippen LogP contribution >= 0.6 is 24.0 Å². The predicted molar refractivity (Wildman–Crippen MR) is 105 cm³/mol. The van der Waals surface area contributed by atoms with Crippen molar-refractivity contribution in [1.29, 1.82) is 0 Å². The van der Waals surface area contributed by atoms with Crippen LogP contribution in [-0.2, 0) is 10.0 Å². The van der Waals surface area contributed by atoms with Gasteiger partial charge in [-0.25, -0.2) is 12.7 Å². The molecule has 1 amide bonds. The second kappa shape index (κ2) is 8.62. The number of carbonyl (C=O) groups is 1. The lowest BCUT2D eigenvalue weighted by Gasteiger charge is -2.36. The van der Waals surface area contributed by atoms with Gasteiger partial charge in [-0.15, -0.1) is 12.4 Å². The van der Waals surface area contributed by atoms with E-state index in [0.717, 1.165) is 9.87 Å². The molecular weight excluding hydrogens is 413 g/mol. The minimum absolute atomic E-state index is 0. The van der Waals surface area contributed by atoms with E-state index in [4.69, 9.17) is 16.0 Å². The number of nitrogens with zero attached hydrogens (tertiary/aromatic N) is 2. The van der Waals surface area contributed by atoms with E-state index in [0.29, 0.717) is 24.7 Å². The zero-order chi connectivity index (χ0) is 18.9. The van der Waals surface area contributed by atoms with Crippen LogP contribution in [0.1, 0.15) is 22.2 Å². The number of carbonyl (C=O) groups excluding carboxylic acids is 1. The highest BCUT2D eigenvalue weighted by Crippen LogP contribution is 2.27. The van der Waals surface area contributed by atoms with Crippen molar-refractivity contribution in [3.63, 3.8) is 0 Å². The summed E-state index contributed by atoms with van der Waals surface area (Å²) in [5.74, 6) is -0.351. The van der Waals surface area contributed by atoms with E-state index in [9.17, 15) is 13.2 Å². The predicted octanol–water partition coefficient (Wildman–Crippen LogP) is 2.39. The molecule has 27 heavy (non-hydrogen) atoms. The average Bonchev–Trinajstić information content (AvgIpc) is 3.12. The van der Waals surface area contributed by atoms with Gasteiger partial charge in [0.25, 0.3) is 15.9 Å². The summed E-state index contributed by atoms with van der Waals surface area (Å²) in [6.45, 7) is 1.70. The maximum atomic E-state index is 12.9. The molecule has 148 valence electrons. The number of hydrogen-bond acceptors (Lipinski definition) is 5. The number of nitrogens with one attached hydrogen (secondary N) is 1. The Morgan fingerprint density at radius 3 is 2.70 bits per heavy atom. The van der Waals surface area contributed by atoms with Gasteiger partial charge < -0.3 is 14.6 Å². The number of halogens is 2. The molecule has 1 atom stereocenters. The fourth-order valence-corrected chi connectivity index (χ4v) is 3.85. The summed E-state index contributed by atoms with van der Waals surface area (Å²) < 4.78 is 30.7. The molecule has 0 spiro atoms. The van der Waals surface area contributed by atoms with Gasteiger partial charge in [0, 0.05) is 38.8 Å². The van der Waals surface area contributed by atoms with Crippen molar-refractivity contribution in [1.82, 2.24) is 14.5 Å². The Bertz CT molecular complexity index is 914. The van der Waals surface area contributed by atoms with E-state index in [1.165, 1.54) is 26.2 Å². The fourth-order valence-electron chi connectivity index (χ4n) is 2.85. The van der Waals surface area contributed by atoms with Gasteiger partial charge in [0.15, 0.2) is 5.76 Å². The number of rotatable bonds is 4. The van der Waals surface area contributed by atoms with Crippen molar-refractivity contribution in [2.45, 2.75) is 11.1 Å². The number of sulfonamides is 1. The second-order valence-corrected chi connectivity index (χ2v) is 8.70. The third-order valence-electron chi connectivity index (χ3n) is 4.26. The first kappa shape index (κ1) is 21.7. The maximum absolute atomic E-state index is 12.9. The fraction of sp³-hybridized carbons (Fsp3) is 0.353. The molecule has 1 aromatic heterocycles.